The highest BCUT2D eigenvalue weighted by Crippen LogP contribution is 2.30. The highest BCUT2D eigenvalue weighted by atomic mass is 16.4. The summed E-state index contributed by atoms with van der Waals surface area (Å²) in [4.78, 5) is 29.4. The number of aliphatic carboxylic acids is 1. The van der Waals surface area contributed by atoms with Gasteiger partial charge in [-0.15, -0.1) is 0 Å². The van der Waals surface area contributed by atoms with Crippen molar-refractivity contribution in [1.82, 2.24) is 19.7 Å². The Morgan fingerprint density at radius 3 is 2.85 bits per heavy atom. The number of nitrogens with zero attached hydrogens (tertiary/aromatic N) is 3. The zero-order valence-corrected chi connectivity index (χ0v) is 15.2. The molecule has 1 aromatic carbocycles. The quantitative estimate of drug-likeness (QED) is 0.651. The van der Waals surface area contributed by atoms with Crippen molar-refractivity contribution in [3.63, 3.8) is 0 Å². The molecule has 0 unspecified atom stereocenters. The van der Waals surface area contributed by atoms with E-state index in [2.05, 4.69) is 15.4 Å². The number of aromatic nitrogens is 3. The van der Waals surface area contributed by atoms with E-state index in [1.54, 1.807) is 22.8 Å². The number of carboxylic acid groups (broad SMARTS) is 1. The second kappa shape index (κ2) is 6.55. The van der Waals surface area contributed by atoms with Gasteiger partial charge in [-0.3, -0.25) is 19.2 Å². The molecule has 0 saturated carbocycles. The van der Waals surface area contributed by atoms with Gasteiger partial charge in [0.25, 0.3) is 0 Å². The topological polar surface area (TPSA) is 103 Å². The first-order valence-electron chi connectivity index (χ1n) is 8.78. The molecule has 0 aliphatic carbocycles. The number of anilines is 1. The average molecular weight is 367 g/mol. The molecule has 0 fully saturated rings. The molecule has 140 valence electrons. The number of para-hydroxylation sites is 1. The number of amides is 1. The zero-order valence-electron chi connectivity index (χ0n) is 15.2. The molecule has 0 radical (unpaired) electrons. The number of aromatic amines is 1. The number of H-pyrrole nitrogens is 1. The number of aryl methyl sites for hydroxylation is 1. The minimum absolute atomic E-state index is 0.000105. The Labute approximate surface area is 155 Å². The lowest BCUT2D eigenvalue weighted by molar-refractivity contribution is -0.144. The van der Waals surface area contributed by atoms with Crippen LogP contribution in [-0.2, 0) is 29.6 Å². The lowest BCUT2D eigenvalue weighted by atomic mass is 9.96. The van der Waals surface area contributed by atoms with Gasteiger partial charge in [-0.05, 0) is 18.6 Å². The number of carboxylic acids is 1. The first kappa shape index (κ1) is 17.3. The Morgan fingerprint density at radius 1 is 1.37 bits per heavy atom. The van der Waals surface area contributed by atoms with Crippen LogP contribution < -0.4 is 5.32 Å². The number of nitrogens with one attached hydrogen (secondary N) is 2. The molecule has 8 nitrogen and oxygen atoms in total. The van der Waals surface area contributed by atoms with Crippen LogP contribution in [0.2, 0.25) is 0 Å². The highest BCUT2D eigenvalue weighted by Gasteiger charge is 2.34. The van der Waals surface area contributed by atoms with E-state index in [1.165, 1.54) is 0 Å². The van der Waals surface area contributed by atoms with Gasteiger partial charge in [0.15, 0.2) is 0 Å². The SMILES string of the molecule is Cc1c(NC(=O)CN2Cc3[nH]c4ccccc4c3C[C@H]2C(=O)O)cnn1C. The third-order valence-electron chi connectivity index (χ3n) is 5.24. The smallest absolute Gasteiger partial charge is 0.321 e. The maximum Gasteiger partial charge on any atom is 0.321 e. The molecule has 3 heterocycles. The molecule has 0 spiro atoms. The van der Waals surface area contributed by atoms with Crippen molar-refractivity contribution >= 4 is 28.5 Å². The summed E-state index contributed by atoms with van der Waals surface area (Å²) in [6.07, 6.45) is 1.96. The summed E-state index contributed by atoms with van der Waals surface area (Å²) in [6, 6.07) is 7.13. The van der Waals surface area contributed by atoms with Gasteiger partial charge in [0.2, 0.25) is 5.91 Å². The summed E-state index contributed by atoms with van der Waals surface area (Å²) in [6.45, 7) is 2.25. The van der Waals surface area contributed by atoms with E-state index in [1.807, 2.05) is 31.2 Å². The Hall–Kier alpha value is -3.13. The maximum atomic E-state index is 12.5. The van der Waals surface area contributed by atoms with E-state index in [0.29, 0.717) is 18.7 Å². The summed E-state index contributed by atoms with van der Waals surface area (Å²) in [5, 5.41) is 17.7. The van der Waals surface area contributed by atoms with Gasteiger partial charge >= 0.3 is 5.97 Å². The van der Waals surface area contributed by atoms with Gasteiger partial charge in [-0.2, -0.15) is 5.10 Å². The van der Waals surface area contributed by atoms with Gasteiger partial charge in [0.1, 0.15) is 6.04 Å². The molecule has 0 saturated heterocycles. The van der Waals surface area contributed by atoms with Crippen LogP contribution in [0.3, 0.4) is 0 Å². The van der Waals surface area contributed by atoms with Crippen LogP contribution in [0.25, 0.3) is 10.9 Å². The van der Waals surface area contributed by atoms with Crippen molar-refractivity contribution in [3.8, 4) is 0 Å². The predicted molar refractivity (Wildman–Crippen MR) is 100 cm³/mol. The van der Waals surface area contributed by atoms with Crippen LogP contribution in [0.4, 0.5) is 5.69 Å². The molecule has 3 aromatic rings. The second-order valence-electron chi connectivity index (χ2n) is 6.91. The molecule has 1 amide bonds. The van der Waals surface area contributed by atoms with Gasteiger partial charge in [-0.1, -0.05) is 18.2 Å². The number of carbonyl (C=O) groups excluding carboxylic acids is 1. The molecular weight excluding hydrogens is 346 g/mol. The minimum atomic E-state index is -0.920. The van der Waals surface area contributed by atoms with Gasteiger partial charge in [0, 0.05) is 36.6 Å². The van der Waals surface area contributed by atoms with Crippen molar-refractivity contribution < 1.29 is 14.7 Å². The van der Waals surface area contributed by atoms with Crippen LogP contribution in [0.1, 0.15) is 17.0 Å². The van der Waals surface area contributed by atoms with Crippen molar-refractivity contribution in [3.05, 3.63) is 47.4 Å². The molecule has 2 aromatic heterocycles. The molecule has 27 heavy (non-hydrogen) atoms. The average Bonchev–Trinajstić information content (AvgIpc) is 3.15. The Kier molecular flexibility index (Phi) is 4.19. The van der Waals surface area contributed by atoms with Crippen LogP contribution in [0.15, 0.2) is 30.5 Å². The summed E-state index contributed by atoms with van der Waals surface area (Å²) >= 11 is 0. The van der Waals surface area contributed by atoms with Gasteiger partial charge < -0.3 is 15.4 Å². The van der Waals surface area contributed by atoms with E-state index in [-0.39, 0.29) is 12.5 Å². The third kappa shape index (κ3) is 3.08. The van der Waals surface area contributed by atoms with E-state index < -0.39 is 12.0 Å². The Balaban J connectivity index is 1.57. The maximum absolute atomic E-state index is 12.5. The van der Waals surface area contributed by atoms with Crippen LogP contribution in [0.5, 0.6) is 0 Å². The van der Waals surface area contributed by atoms with Gasteiger partial charge in [-0.25, -0.2) is 0 Å². The number of hydrogen-bond acceptors (Lipinski definition) is 4. The number of hydrogen-bond donors (Lipinski definition) is 3. The van der Waals surface area contributed by atoms with E-state index in [0.717, 1.165) is 27.9 Å². The minimum Gasteiger partial charge on any atom is -0.480 e. The lowest BCUT2D eigenvalue weighted by Gasteiger charge is -2.32. The summed E-state index contributed by atoms with van der Waals surface area (Å²) in [5.74, 6) is -1.17. The fraction of sp³-hybridized carbons (Fsp3) is 0.316. The standard InChI is InChI=1S/C19H21N5O3/c1-11-15(8-20-23(11)2)22-18(25)10-24-9-16-13(7-17(24)19(26)27)12-5-3-4-6-14(12)21-16/h3-6,8,17,21H,7,9-10H2,1-2H3,(H,22,25)(H,26,27)/t17-/m0/s1. The fourth-order valence-electron chi connectivity index (χ4n) is 3.66. The van der Waals surface area contributed by atoms with Crippen LogP contribution in [0, 0.1) is 6.92 Å². The predicted octanol–water partition coefficient (Wildman–Crippen LogP) is 1.66. The number of benzene rings is 1. The number of carbonyl (C=O) groups is 2. The Morgan fingerprint density at radius 2 is 2.15 bits per heavy atom. The monoisotopic (exact) mass is 367 g/mol. The van der Waals surface area contributed by atoms with E-state index in [9.17, 15) is 14.7 Å². The Bertz CT molecular complexity index is 1040. The third-order valence-corrected chi connectivity index (χ3v) is 5.24. The number of rotatable bonds is 4. The lowest BCUT2D eigenvalue weighted by Crippen LogP contribution is -2.48. The van der Waals surface area contributed by atoms with Crippen LogP contribution >= 0.6 is 0 Å². The zero-order chi connectivity index (χ0) is 19.1. The number of fused-ring (bicyclic) bond motifs is 3. The summed E-state index contributed by atoms with van der Waals surface area (Å²) in [7, 11) is 1.80. The van der Waals surface area contributed by atoms with Crippen molar-refractivity contribution in [2.24, 2.45) is 7.05 Å². The molecule has 1 aliphatic rings. The van der Waals surface area contributed by atoms with Gasteiger partial charge in [0.05, 0.1) is 24.1 Å². The first-order valence-corrected chi connectivity index (χ1v) is 8.78. The molecule has 1 atom stereocenters. The molecular formula is C19H21N5O3. The second-order valence-corrected chi connectivity index (χ2v) is 6.91. The first-order chi connectivity index (χ1) is 12.9. The normalized spacial score (nSPS) is 17.0. The van der Waals surface area contributed by atoms with Crippen molar-refractivity contribution in [1.29, 1.82) is 0 Å². The highest BCUT2D eigenvalue weighted by molar-refractivity contribution is 5.93. The van der Waals surface area contributed by atoms with E-state index >= 15 is 0 Å². The molecule has 1 aliphatic heterocycles. The largest absolute Gasteiger partial charge is 0.480 e. The molecule has 3 N–H and O–H groups in total. The molecule has 8 heteroatoms. The summed E-state index contributed by atoms with van der Waals surface area (Å²) < 4.78 is 1.67. The van der Waals surface area contributed by atoms with Crippen molar-refractivity contribution in [2.75, 3.05) is 11.9 Å². The molecule has 0 bridgehead atoms. The van der Waals surface area contributed by atoms with E-state index in [4.69, 9.17) is 0 Å². The molecule has 4 rings (SSSR count). The fourth-order valence-corrected chi connectivity index (χ4v) is 3.66. The van der Waals surface area contributed by atoms with Crippen molar-refractivity contribution in [2.45, 2.75) is 25.9 Å². The van der Waals surface area contributed by atoms with Crippen LogP contribution in [-0.4, -0.2) is 49.2 Å². The summed E-state index contributed by atoms with van der Waals surface area (Å²) in [5.41, 5.74) is 4.47.